The van der Waals surface area contributed by atoms with Gasteiger partial charge in [0.2, 0.25) is 5.91 Å². The lowest BCUT2D eigenvalue weighted by Gasteiger charge is -2.45. The molecule has 2 saturated heterocycles. The van der Waals surface area contributed by atoms with E-state index >= 15 is 0 Å². The molecule has 55 heavy (non-hydrogen) atoms. The topological polar surface area (TPSA) is 165 Å². The van der Waals surface area contributed by atoms with Crippen LogP contribution in [0.25, 0.3) is 0 Å². The number of amides is 1. The zero-order chi connectivity index (χ0) is 41.9. The molecule has 4 N–H and O–H groups in total. The summed E-state index contributed by atoms with van der Waals surface area (Å²) in [7, 11) is 3.53. The van der Waals surface area contributed by atoms with Crippen molar-refractivity contribution in [2.24, 2.45) is 29.6 Å². The SMILES string of the molecule is CCC[C@@H](C)[C@H](OCC(=O)NC)[C@H](C)[C@@H](O)[C@](C)(O)[C@@H](CC)OC(=O)[C@H](C)[C@@H](O[C@H]1C[C@H](C)C[C@H](C)O1)[C@H](C)[C@H](C)O[C@@H]1O[C@H](C)C[C@H](N(C)C(C)C)[C@H]1O. The molecule has 324 valence electrons. The van der Waals surface area contributed by atoms with Gasteiger partial charge in [-0.05, 0) is 93.0 Å². The fraction of sp³-hybridized carbons (Fsp3) is 0.952. The van der Waals surface area contributed by atoms with Gasteiger partial charge in [0.15, 0.2) is 12.6 Å². The zero-order valence-electron chi connectivity index (χ0n) is 36.8. The van der Waals surface area contributed by atoms with Crippen LogP contribution < -0.4 is 5.32 Å². The highest BCUT2D eigenvalue weighted by molar-refractivity contribution is 5.76. The van der Waals surface area contributed by atoms with Crippen LogP contribution in [0.5, 0.6) is 0 Å². The summed E-state index contributed by atoms with van der Waals surface area (Å²) >= 11 is 0. The molecule has 13 heteroatoms. The quantitative estimate of drug-likeness (QED) is 0.108. The van der Waals surface area contributed by atoms with Crippen LogP contribution in [-0.4, -0.2) is 132 Å². The molecule has 2 fully saturated rings. The number of nitrogens with one attached hydrogen (secondary N) is 1. The molecule has 0 radical (unpaired) electrons. The number of carbonyl (C=O) groups excluding carboxylic acids is 2. The molecule has 0 bridgehead atoms. The molecule has 2 rings (SSSR count). The van der Waals surface area contributed by atoms with Crippen LogP contribution in [0.1, 0.15) is 129 Å². The molecule has 0 aliphatic carbocycles. The van der Waals surface area contributed by atoms with Crippen molar-refractivity contribution in [3.63, 3.8) is 0 Å². The lowest BCUT2D eigenvalue weighted by Crippen LogP contribution is -2.58. The number of aliphatic hydroxyl groups excluding tert-OH is 2. The first-order valence-corrected chi connectivity index (χ1v) is 21.1. The Kier molecular flexibility index (Phi) is 20.5. The van der Waals surface area contributed by atoms with Crippen molar-refractivity contribution < 1.29 is 53.3 Å². The van der Waals surface area contributed by atoms with E-state index in [1.807, 2.05) is 41.7 Å². The van der Waals surface area contributed by atoms with Crippen molar-refractivity contribution in [3.8, 4) is 0 Å². The van der Waals surface area contributed by atoms with E-state index in [2.05, 4.69) is 37.9 Å². The van der Waals surface area contributed by atoms with Gasteiger partial charge in [0.05, 0.1) is 42.5 Å². The number of nitrogens with zero attached hydrogens (tertiary/aromatic N) is 1. The summed E-state index contributed by atoms with van der Waals surface area (Å²) in [4.78, 5) is 28.4. The Morgan fingerprint density at radius 2 is 1.55 bits per heavy atom. The van der Waals surface area contributed by atoms with E-state index in [0.717, 1.165) is 19.3 Å². The normalized spacial score (nSPS) is 31.0. The molecule has 13 nitrogen and oxygen atoms in total. The van der Waals surface area contributed by atoms with Crippen molar-refractivity contribution >= 4 is 11.9 Å². The second-order valence-corrected chi connectivity index (χ2v) is 17.5. The average Bonchev–Trinajstić information content (AvgIpc) is 3.12. The number of esters is 1. The van der Waals surface area contributed by atoms with Crippen molar-refractivity contribution in [2.45, 2.75) is 208 Å². The first kappa shape index (κ1) is 49.7. The molecule has 2 heterocycles. The van der Waals surface area contributed by atoms with Crippen molar-refractivity contribution in [1.82, 2.24) is 10.2 Å². The van der Waals surface area contributed by atoms with Crippen LogP contribution >= 0.6 is 0 Å². The molecule has 0 spiro atoms. The predicted molar refractivity (Wildman–Crippen MR) is 212 cm³/mol. The molecule has 0 aromatic heterocycles. The van der Waals surface area contributed by atoms with Crippen molar-refractivity contribution in [3.05, 3.63) is 0 Å². The largest absolute Gasteiger partial charge is 0.459 e. The summed E-state index contributed by atoms with van der Waals surface area (Å²) < 4.78 is 37.6. The van der Waals surface area contributed by atoms with Crippen LogP contribution in [0.15, 0.2) is 0 Å². The molecule has 17 atom stereocenters. The third-order valence-corrected chi connectivity index (χ3v) is 12.3. The number of carbonyl (C=O) groups is 2. The Morgan fingerprint density at radius 1 is 0.927 bits per heavy atom. The van der Waals surface area contributed by atoms with Gasteiger partial charge in [-0.1, -0.05) is 48.0 Å². The monoisotopic (exact) mass is 789 g/mol. The third-order valence-electron chi connectivity index (χ3n) is 12.3. The van der Waals surface area contributed by atoms with Crippen LogP contribution in [0.2, 0.25) is 0 Å². The van der Waals surface area contributed by atoms with Gasteiger partial charge in [0.1, 0.15) is 24.4 Å². The number of hydrogen-bond acceptors (Lipinski definition) is 12. The van der Waals surface area contributed by atoms with Gasteiger partial charge in [-0.25, -0.2) is 0 Å². The van der Waals surface area contributed by atoms with E-state index in [-0.39, 0.29) is 49.1 Å². The molecular formula is C42H80N2O11. The fourth-order valence-corrected chi connectivity index (χ4v) is 8.45. The molecule has 0 aromatic rings. The molecule has 2 aliphatic heterocycles. The summed E-state index contributed by atoms with van der Waals surface area (Å²) in [5.41, 5.74) is -1.86. The molecule has 2 aliphatic rings. The highest BCUT2D eigenvalue weighted by atomic mass is 16.7. The maximum Gasteiger partial charge on any atom is 0.311 e. The van der Waals surface area contributed by atoms with Gasteiger partial charge in [0.25, 0.3) is 0 Å². The number of aliphatic hydroxyl groups is 3. The first-order chi connectivity index (χ1) is 25.6. The van der Waals surface area contributed by atoms with Gasteiger partial charge in [-0.3, -0.25) is 14.5 Å². The second-order valence-electron chi connectivity index (χ2n) is 17.5. The van der Waals surface area contributed by atoms with E-state index in [4.69, 9.17) is 28.4 Å². The summed E-state index contributed by atoms with van der Waals surface area (Å²) in [5, 5.41) is 37.6. The summed E-state index contributed by atoms with van der Waals surface area (Å²) in [5.74, 6) is -2.37. The predicted octanol–water partition coefficient (Wildman–Crippen LogP) is 5.05. The Labute approximate surface area is 332 Å². The lowest BCUT2D eigenvalue weighted by atomic mass is 9.78. The van der Waals surface area contributed by atoms with Crippen molar-refractivity contribution in [1.29, 1.82) is 0 Å². The first-order valence-electron chi connectivity index (χ1n) is 21.1. The summed E-state index contributed by atoms with van der Waals surface area (Å²) in [6, 6.07) is 0.0671. The fourth-order valence-electron chi connectivity index (χ4n) is 8.45. The van der Waals surface area contributed by atoms with Gasteiger partial charge in [-0.15, -0.1) is 0 Å². The minimum absolute atomic E-state index is 0.0147. The second kappa shape index (κ2) is 22.7. The minimum Gasteiger partial charge on any atom is -0.459 e. The highest BCUT2D eigenvalue weighted by Crippen LogP contribution is 2.36. The van der Waals surface area contributed by atoms with E-state index < -0.39 is 78.5 Å². The Hall–Kier alpha value is -1.42. The van der Waals surface area contributed by atoms with Crippen LogP contribution in [0, 0.1) is 29.6 Å². The van der Waals surface area contributed by atoms with Gasteiger partial charge in [-0.2, -0.15) is 0 Å². The Morgan fingerprint density at radius 3 is 2.09 bits per heavy atom. The van der Waals surface area contributed by atoms with Gasteiger partial charge < -0.3 is 49.1 Å². The average molecular weight is 789 g/mol. The van der Waals surface area contributed by atoms with Gasteiger partial charge in [0, 0.05) is 37.4 Å². The van der Waals surface area contributed by atoms with E-state index in [1.54, 1.807) is 20.8 Å². The smallest absolute Gasteiger partial charge is 0.311 e. The maximum absolute atomic E-state index is 14.2. The summed E-state index contributed by atoms with van der Waals surface area (Å²) in [6.07, 6.45) is -2.55. The summed E-state index contributed by atoms with van der Waals surface area (Å²) in [6.45, 7) is 24.8. The standard InChI is InChI=1S/C42H80N2O11/c1-16-18-25(6)37(50-22-34(45)43-14)29(10)39(47)42(13,49)33(17-2)54-40(48)30(11)38(55-35-20-24(5)19-26(7)51-35)28(9)31(12)53-41-36(46)32(21-27(8)52-41)44(15)23(3)4/h23-33,35-39,41,46-47,49H,16-22H2,1-15H3,(H,43,45)/t24-,25-,26+,27-,28-,29+,30-,31+,32+,33-,35+,36-,37+,38+,39-,41+,42-/m1/s1. The van der Waals surface area contributed by atoms with E-state index in [0.29, 0.717) is 18.8 Å². The van der Waals surface area contributed by atoms with Crippen LogP contribution in [0.3, 0.4) is 0 Å². The minimum atomic E-state index is -1.86. The zero-order valence-corrected chi connectivity index (χ0v) is 36.8. The lowest BCUT2D eigenvalue weighted by molar-refractivity contribution is -0.284. The maximum atomic E-state index is 14.2. The molecule has 0 saturated carbocycles. The Bertz CT molecular complexity index is 1130. The van der Waals surface area contributed by atoms with E-state index in [1.165, 1.54) is 14.0 Å². The van der Waals surface area contributed by atoms with Crippen LogP contribution in [-0.2, 0) is 38.0 Å². The molecule has 0 unspecified atom stereocenters. The molecule has 0 aromatic carbocycles. The molecule has 1 amide bonds. The van der Waals surface area contributed by atoms with Crippen molar-refractivity contribution in [2.75, 3.05) is 20.7 Å². The highest BCUT2D eigenvalue weighted by Gasteiger charge is 2.48. The third kappa shape index (κ3) is 13.8. The number of likely N-dealkylation sites (N-methyl/N-ethyl adjacent to an activating group) is 2. The van der Waals surface area contributed by atoms with E-state index in [9.17, 15) is 24.9 Å². The molecular weight excluding hydrogens is 708 g/mol. The number of rotatable bonds is 22. The Balaban J connectivity index is 2.34. The number of hydrogen-bond donors (Lipinski definition) is 4. The van der Waals surface area contributed by atoms with Gasteiger partial charge >= 0.3 is 5.97 Å². The van der Waals surface area contributed by atoms with Crippen LogP contribution in [0.4, 0.5) is 0 Å². The number of ether oxygens (including phenoxy) is 6.